The summed E-state index contributed by atoms with van der Waals surface area (Å²) in [6.07, 6.45) is 1.53. The Morgan fingerprint density at radius 3 is 2.75 bits per heavy atom. The highest BCUT2D eigenvalue weighted by atomic mass is 16.5. The molecule has 2 aliphatic heterocycles. The van der Waals surface area contributed by atoms with Gasteiger partial charge in [-0.1, -0.05) is 24.3 Å². The number of hydrogen-bond donors (Lipinski definition) is 1. The van der Waals surface area contributed by atoms with Crippen molar-refractivity contribution in [2.75, 3.05) is 46.1 Å². The van der Waals surface area contributed by atoms with Crippen molar-refractivity contribution < 1.29 is 14.3 Å². The Morgan fingerprint density at radius 1 is 1.25 bits per heavy atom. The van der Waals surface area contributed by atoms with Crippen LogP contribution in [0.1, 0.15) is 17.5 Å². The molecule has 2 atom stereocenters. The first-order chi connectivity index (χ1) is 11.7. The first-order valence-corrected chi connectivity index (χ1v) is 8.95. The van der Waals surface area contributed by atoms with Crippen LogP contribution in [-0.2, 0) is 20.7 Å². The lowest BCUT2D eigenvalue weighted by molar-refractivity contribution is -0.121. The van der Waals surface area contributed by atoms with Crippen molar-refractivity contribution in [1.82, 2.24) is 10.2 Å². The van der Waals surface area contributed by atoms with Crippen molar-refractivity contribution in [3.05, 3.63) is 35.4 Å². The fourth-order valence-corrected chi connectivity index (χ4v) is 3.62. The molecular weight excluding hydrogens is 304 g/mol. The van der Waals surface area contributed by atoms with Gasteiger partial charge < -0.3 is 14.8 Å². The highest BCUT2D eigenvalue weighted by molar-refractivity contribution is 5.78. The van der Waals surface area contributed by atoms with E-state index in [0.717, 1.165) is 51.5 Å². The summed E-state index contributed by atoms with van der Waals surface area (Å²) in [6.45, 7) is 7.82. The van der Waals surface area contributed by atoms with Gasteiger partial charge in [-0.15, -0.1) is 0 Å². The van der Waals surface area contributed by atoms with E-state index in [4.69, 9.17) is 9.47 Å². The van der Waals surface area contributed by atoms with E-state index in [1.807, 2.05) is 18.2 Å². The number of carbonyl (C=O) groups excluding carboxylic acids is 1. The molecule has 5 heteroatoms. The zero-order valence-electron chi connectivity index (χ0n) is 14.5. The van der Waals surface area contributed by atoms with Gasteiger partial charge in [-0.25, -0.2) is 0 Å². The molecule has 5 nitrogen and oxygen atoms in total. The normalized spacial score (nSPS) is 23.1. The van der Waals surface area contributed by atoms with Gasteiger partial charge in [-0.05, 0) is 24.5 Å². The highest BCUT2D eigenvalue weighted by Crippen LogP contribution is 2.22. The Labute approximate surface area is 144 Å². The first kappa shape index (κ1) is 17.4. The molecule has 1 aromatic carbocycles. The van der Waals surface area contributed by atoms with Crippen molar-refractivity contribution in [2.45, 2.75) is 25.8 Å². The molecule has 0 bridgehead atoms. The van der Waals surface area contributed by atoms with Crippen molar-refractivity contribution in [1.29, 1.82) is 0 Å². The topological polar surface area (TPSA) is 50.8 Å². The van der Waals surface area contributed by atoms with Crippen molar-refractivity contribution in [3.63, 3.8) is 0 Å². The lowest BCUT2D eigenvalue weighted by Gasteiger charge is -2.37. The van der Waals surface area contributed by atoms with E-state index in [1.165, 1.54) is 5.56 Å². The van der Waals surface area contributed by atoms with Crippen LogP contribution in [-0.4, -0.2) is 62.9 Å². The molecular formula is C19H28N2O3. The van der Waals surface area contributed by atoms with E-state index < -0.39 is 0 Å². The van der Waals surface area contributed by atoms with Crippen LogP contribution >= 0.6 is 0 Å². The minimum Gasteiger partial charge on any atom is -0.381 e. The smallest absolute Gasteiger partial charge is 0.224 e. The molecule has 1 N–H and O–H groups in total. The Bertz CT molecular complexity index is 537. The fraction of sp³-hybridized carbons (Fsp3) is 0.632. The minimum atomic E-state index is 0.0986. The molecule has 0 saturated carbocycles. The van der Waals surface area contributed by atoms with Gasteiger partial charge in [0.2, 0.25) is 5.91 Å². The summed E-state index contributed by atoms with van der Waals surface area (Å²) >= 11 is 0. The van der Waals surface area contributed by atoms with Crippen molar-refractivity contribution >= 4 is 5.91 Å². The summed E-state index contributed by atoms with van der Waals surface area (Å²) in [6, 6.07) is 8.42. The Balaban J connectivity index is 1.56. The van der Waals surface area contributed by atoms with E-state index >= 15 is 0 Å². The molecule has 2 aliphatic rings. The maximum Gasteiger partial charge on any atom is 0.224 e. The van der Waals surface area contributed by atoms with E-state index in [0.29, 0.717) is 24.9 Å². The third kappa shape index (κ3) is 4.56. The average molecular weight is 332 g/mol. The van der Waals surface area contributed by atoms with Crippen LogP contribution < -0.4 is 5.32 Å². The number of aryl methyl sites for hydroxylation is 1. The third-order valence-corrected chi connectivity index (χ3v) is 5.14. The average Bonchev–Trinajstić information content (AvgIpc) is 3.12. The second-order valence-corrected chi connectivity index (χ2v) is 6.75. The molecule has 0 aromatic heterocycles. The molecule has 1 aromatic rings. The van der Waals surface area contributed by atoms with E-state index in [9.17, 15) is 4.79 Å². The van der Waals surface area contributed by atoms with E-state index in [1.54, 1.807) is 0 Å². The van der Waals surface area contributed by atoms with Crippen LogP contribution in [0, 0.1) is 12.8 Å². The number of carbonyl (C=O) groups is 1. The molecule has 3 rings (SSSR count). The lowest BCUT2D eigenvalue weighted by atomic mass is 9.96. The van der Waals surface area contributed by atoms with E-state index in [2.05, 4.69) is 23.2 Å². The van der Waals surface area contributed by atoms with Crippen LogP contribution in [0.5, 0.6) is 0 Å². The van der Waals surface area contributed by atoms with Crippen LogP contribution in [0.3, 0.4) is 0 Å². The number of nitrogens with one attached hydrogen (secondary N) is 1. The lowest BCUT2D eigenvalue weighted by Crippen LogP contribution is -2.52. The first-order valence-electron chi connectivity index (χ1n) is 8.95. The molecule has 24 heavy (non-hydrogen) atoms. The quantitative estimate of drug-likeness (QED) is 0.855. The molecule has 1 amide bonds. The maximum atomic E-state index is 12.4. The molecule has 2 heterocycles. The second-order valence-electron chi connectivity index (χ2n) is 6.75. The summed E-state index contributed by atoms with van der Waals surface area (Å²) in [5.74, 6) is 0.600. The SMILES string of the molecule is Cc1ccccc1CC(=O)NCC(C1CCOC1)N1CCOCC1. The molecule has 2 fully saturated rings. The zero-order chi connectivity index (χ0) is 16.8. The summed E-state index contributed by atoms with van der Waals surface area (Å²) < 4.78 is 11.0. The maximum absolute atomic E-state index is 12.4. The highest BCUT2D eigenvalue weighted by Gasteiger charge is 2.31. The fourth-order valence-electron chi connectivity index (χ4n) is 3.62. The summed E-state index contributed by atoms with van der Waals surface area (Å²) in [4.78, 5) is 14.8. The zero-order valence-corrected chi connectivity index (χ0v) is 14.5. The monoisotopic (exact) mass is 332 g/mol. The number of nitrogens with zero attached hydrogens (tertiary/aromatic N) is 1. The Hall–Kier alpha value is -1.43. The predicted molar refractivity (Wildman–Crippen MR) is 93.0 cm³/mol. The van der Waals surface area contributed by atoms with Crippen LogP contribution in [0.2, 0.25) is 0 Å². The van der Waals surface area contributed by atoms with Gasteiger partial charge in [0.1, 0.15) is 0 Å². The van der Waals surface area contributed by atoms with Gasteiger partial charge in [0.05, 0.1) is 26.2 Å². The van der Waals surface area contributed by atoms with Gasteiger partial charge in [-0.2, -0.15) is 0 Å². The second kappa shape index (κ2) is 8.60. The molecule has 2 unspecified atom stereocenters. The van der Waals surface area contributed by atoms with Gasteiger partial charge in [-0.3, -0.25) is 9.69 Å². The van der Waals surface area contributed by atoms with Crippen molar-refractivity contribution in [3.8, 4) is 0 Å². The minimum absolute atomic E-state index is 0.0986. The molecule has 132 valence electrons. The number of ether oxygens (including phenoxy) is 2. The largest absolute Gasteiger partial charge is 0.381 e. The summed E-state index contributed by atoms with van der Waals surface area (Å²) in [7, 11) is 0. The number of morpholine rings is 1. The van der Waals surface area contributed by atoms with Gasteiger partial charge in [0, 0.05) is 38.2 Å². The number of amides is 1. The molecule has 0 spiro atoms. The summed E-state index contributed by atoms with van der Waals surface area (Å²) in [5, 5.41) is 3.16. The van der Waals surface area contributed by atoms with Gasteiger partial charge in [0.25, 0.3) is 0 Å². The van der Waals surface area contributed by atoms with Crippen LogP contribution in [0.15, 0.2) is 24.3 Å². The van der Waals surface area contributed by atoms with Crippen LogP contribution in [0.4, 0.5) is 0 Å². The third-order valence-electron chi connectivity index (χ3n) is 5.14. The molecule has 0 radical (unpaired) electrons. The predicted octanol–water partition coefficient (Wildman–Crippen LogP) is 1.39. The Kier molecular flexibility index (Phi) is 6.24. The van der Waals surface area contributed by atoms with Gasteiger partial charge in [0.15, 0.2) is 0 Å². The van der Waals surface area contributed by atoms with Crippen LogP contribution in [0.25, 0.3) is 0 Å². The van der Waals surface area contributed by atoms with E-state index in [-0.39, 0.29) is 5.91 Å². The van der Waals surface area contributed by atoms with Crippen molar-refractivity contribution in [2.24, 2.45) is 5.92 Å². The summed E-state index contributed by atoms with van der Waals surface area (Å²) in [5.41, 5.74) is 2.27. The number of benzene rings is 1. The number of hydrogen-bond acceptors (Lipinski definition) is 4. The standard InChI is InChI=1S/C19H28N2O3/c1-15-4-2-3-5-16(15)12-19(22)20-13-18(17-6-9-24-14-17)21-7-10-23-11-8-21/h2-5,17-18H,6-14H2,1H3,(H,20,22). The molecule has 0 aliphatic carbocycles. The number of rotatable bonds is 6. The Morgan fingerprint density at radius 2 is 2.04 bits per heavy atom. The molecule has 2 saturated heterocycles. The van der Waals surface area contributed by atoms with Gasteiger partial charge >= 0.3 is 0 Å².